The van der Waals surface area contributed by atoms with Crippen molar-refractivity contribution in [3.8, 4) is 0 Å². The van der Waals surface area contributed by atoms with Gasteiger partial charge >= 0.3 is 0 Å². The lowest BCUT2D eigenvalue weighted by molar-refractivity contribution is -0.131. The largest absolute Gasteiger partial charge is 0.336 e. The Morgan fingerprint density at radius 2 is 2.38 bits per heavy atom. The molecule has 0 radical (unpaired) electrons. The van der Waals surface area contributed by atoms with Crippen molar-refractivity contribution in [3.63, 3.8) is 0 Å². The normalized spacial score (nSPS) is 25.1. The van der Waals surface area contributed by atoms with Crippen LogP contribution in [0.1, 0.15) is 13.3 Å². The van der Waals surface area contributed by atoms with Gasteiger partial charge in [0.15, 0.2) is 0 Å². The van der Waals surface area contributed by atoms with E-state index >= 15 is 0 Å². The third-order valence-electron chi connectivity index (χ3n) is 2.14. The van der Waals surface area contributed by atoms with Crippen molar-refractivity contribution in [1.82, 2.24) is 10.2 Å². The molecule has 1 aliphatic rings. The molecule has 0 saturated carbocycles. The van der Waals surface area contributed by atoms with Gasteiger partial charge in [0, 0.05) is 12.6 Å². The third kappa shape index (κ3) is 3.26. The Morgan fingerprint density at radius 1 is 1.69 bits per heavy atom. The Bertz CT molecular complexity index is 187. The summed E-state index contributed by atoms with van der Waals surface area (Å²) in [5.74, 6) is -0.232. The summed E-state index contributed by atoms with van der Waals surface area (Å²) in [6.45, 7) is 2.11. The number of rotatable bonds is 2. The van der Waals surface area contributed by atoms with E-state index in [0.717, 1.165) is 6.42 Å². The van der Waals surface area contributed by atoms with Gasteiger partial charge in [-0.1, -0.05) is 0 Å². The van der Waals surface area contributed by atoms with Crippen molar-refractivity contribution >= 4 is 5.91 Å². The summed E-state index contributed by atoms with van der Waals surface area (Å²) in [6, 6.07) is 0.228. The Balaban J connectivity index is 2.47. The van der Waals surface area contributed by atoms with Crippen LogP contribution in [-0.2, 0) is 4.79 Å². The molecular weight excluding hydrogens is 178 g/mol. The van der Waals surface area contributed by atoms with Gasteiger partial charge in [0.05, 0.1) is 13.1 Å². The second-order valence-electron chi connectivity index (χ2n) is 3.30. The van der Waals surface area contributed by atoms with Gasteiger partial charge in [-0.3, -0.25) is 4.79 Å². The summed E-state index contributed by atoms with van der Waals surface area (Å²) in [5, 5.41) is 2.96. The number of nitrogens with zero attached hydrogens (tertiary/aromatic N) is 1. The van der Waals surface area contributed by atoms with Crippen LogP contribution in [0.2, 0.25) is 0 Å². The van der Waals surface area contributed by atoms with E-state index in [-0.39, 0.29) is 18.5 Å². The molecule has 1 saturated heterocycles. The molecule has 5 heteroatoms. The number of carbonyl (C=O) groups is 1. The van der Waals surface area contributed by atoms with Gasteiger partial charge in [0.25, 0.3) is 6.43 Å². The van der Waals surface area contributed by atoms with Crippen molar-refractivity contribution in [2.45, 2.75) is 25.8 Å². The van der Waals surface area contributed by atoms with Gasteiger partial charge in [-0.2, -0.15) is 0 Å². The predicted molar refractivity (Wildman–Crippen MR) is 44.7 cm³/mol. The first-order chi connectivity index (χ1) is 6.09. The van der Waals surface area contributed by atoms with Crippen molar-refractivity contribution in [1.29, 1.82) is 0 Å². The molecule has 3 nitrogen and oxygen atoms in total. The molecule has 76 valence electrons. The molecule has 0 spiro atoms. The van der Waals surface area contributed by atoms with Gasteiger partial charge in [-0.15, -0.1) is 0 Å². The molecule has 0 aromatic rings. The Morgan fingerprint density at radius 3 is 3.00 bits per heavy atom. The molecule has 0 aliphatic carbocycles. The number of hydrogen-bond donors (Lipinski definition) is 1. The SMILES string of the molecule is CC1CCN(CC(F)F)C(=O)CN1. The van der Waals surface area contributed by atoms with Crippen LogP contribution in [0.25, 0.3) is 0 Å². The molecule has 0 aromatic carbocycles. The van der Waals surface area contributed by atoms with Crippen molar-refractivity contribution in [3.05, 3.63) is 0 Å². The zero-order valence-electron chi connectivity index (χ0n) is 7.59. The fraction of sp³-hybridized carbons (Fsp3) is 0.875. The maximum absolute atomic E-state index is 12.0. The van der Waals surface area contributed by atoms with E-state index in [4.69, 9.17) is 0 Å². The van der Waals surface area contributed by atoms with Gasteiger partial charge < -0.3 is 10.2 Å². The number of carbonyl (C=O) groups excluding carboxylic acids is 1. The Hall–Kier alpha value is -0.710. The quantitative estimate of drug-likeness (QED) is 0.689. The topological polar surface area (TPSA) is 32.3 Å². The first-order valence-electron chi connectivity index (χ1n) is 4.39. The number of hydrogen-bond acceptors (Lipinski definition) is 2. The van der Waals surface area contributed by atoms with Crippen molar-refractivity contribution < 1.29 is 13.6 Å². The molecular formula is C8H14F2N2O. The van der Waals surface area contributed by atoms with Crippen LogP contribution in [0.4, 0.5) is 8.78 Å². The van der Waals surface area contributed by atoms with E-state index in [0.29, 0.717) is 6.54 Å². The molecule has 13 heavy (non-hydrogen) atoms. The van der Waals surface area contributed by atoms with Crippen LogP contribution in [-0.4, -0.2) is 42.9 Å². The van der Waals surface area contributed by atoms with Gasteiger partial charge in [0.1, 0.15) is 0 Å². The molecule has 1 N–H and O–H groups in total. The Labute approximate surface area is 76.1 Å². The maximum atomic E-state index is 12.0. The van der Waals surface area contributed by atoms with Crippen LogP contribution >= 0.6 is 0 Å². The van der Waals surface area contributed by atoms with Crippen molar-refractivity contribution in [2.75, 3.05) is 19.6 Å². The van der Waals surface area contributed by atoms with E-state index in [9.17, 15) is 13.6 Å². The van der Waals surface area contributed by atoms with E-state index in [1.165, 1.54) is 4.90 Å². The van der Waals surface area contributed by atoms with Gasteiger partial charge in [-0.25, -0.2) is 8.78 Å². The highest BCUT2D eigenvalue weighted by atomic mass is 19.3. The summed E-state index contributed by atoms with van der Waals surface area (Å²) in [6.07, 6.45) is -1.70. The molecule has 1 amide bonds. The number of amides is 1. The third-order valence-corrected chi connectivity index (χ3v) is 2.14. The summed E-state index contributed by atoms with van der Waals surface area (Å²) < 4.78 is 24.0. The second kappa shape index (κ2) is 4.50. The number of halogens is 2. The van der Waals surface area contributed by atoms with E-state index in [2.05, 4.69) is 5.32 Å². The number of alkyl halides is 2. The monoisotopic (exact) mass is 192 g/mol. The molecule has 1 aliphatic heterocycles. The molecule has 1 heterocycles. The fourth-order valence-electron chi connectivity index (χ4n) is 1.31. The van der Waals surface area contributed by atoms with E-state index < -0.39 is 13.0 Å². The standard InChI is InChI=1S/C8H14F2N2O/c1-6-2-3-12(5-7(9)10)8(13)4-11-6/h6-7,11H,2-5H2,1H3. The molecule has 0 bridgehead atoms. The summed E-state index contributed by atoms with van der Waals surface area (Å²) in [4.78, 5) is 12.4. The lowest BCUT2D eigenvalue weighted by atomic mass is 10.2. The summed E-state index contributed by atoms with van der Waals surface area (Å²) >= 11 is 0. The van der Waals surface area contributed by atoms with Gasteiger partial charge in [-0.05, 0) is 13.3 Å². The molecule has 1 unspecified atom stereocenters. The van der Waals surface area contributed by atoms with Crippen LogP contribution in [0.15, 0.2) is 0 Å². The average molecular weight is 192 g/mol. The minimum absolute atomic E-state index is 0.174. The summed E-state index contributed by atoms with van der Waals surface area (Å²) in [5.41, 5.74) is 0. The first-order valence-corrected chi connectivity index (χ1v) is 4.39. The molecule has 1 rings (SSSR count). The lowest BCUT2D eigenvalue weighted by Gasteiger charge is -2.19. The van der Waals surface area contributed by atoms with Gasteiger partial charge in [0.2, 0.25) is 5.91 Å². The second-order valence-corrected chi connectivity index (χ2v) is 3.30. The highest BCUT2D eigenvalue weighted by Gasteiger charge is 2.21. The van der Waals surface area contributed by atoms with E-state index in [1.54, 1.807) is 0 Å². The zero-order chi connectivity index (χ0) is 9.84. The van der Waals surface area contributed by atoms with Crippen LogP contribution in [0.3, 0.4) is 0 Å². The minimum Gasteiger partial charge on any atom is -0.336 e. The highest BCUT2D eigenvalue weighted by Crippen LogP contribution is 2.05. The molecule has 0 aromatic heterocycles. The highest BCUT2D eigenvalue weighted by molar-refractivity contribution is 5.78. The maximum Gasteiger partial charge on any atom is 0.255 e. The molecule has 1 fully saturated rings. The van der Waals surface area contributed by atoms with Crippen LogP contribution in [0.5, 0.6) is 0 Å². The average Bonchev–Trinajstić information content (AvgIpc) is 2.19. The van der Waals surface area contributed by atoms with Crippen LogP contribution < -0.4 is 5.32 Å². The fourth-order valence-corrected chi connectivity index (χ4v) is 1.31. The minimum atomic E-state index is -2.43. The van der Waals surface area contributed by atoms with E-state index in [1.807, 2.05) is 6.92 Å². The smallest absolute Gasteiger partial charge is 0.255 e. The number of nitrogens with one attached hydrogen (secondary N) is 1. The Kier molecular flexibility index (Phi) is 3.59. The lowest BCUT2D eigenvalue weighted by Crippen LogP contribution is -2.38. The molecule has 1 atom stereocenters. The predicted octanol–water partition coefficient (Wildman–Crippen LogP) is 0.462. The zero-order valence-corrected chi connectivity index (χ0v) is 7.59. The summed E-state index contributed by atoms with van der Waals surface area (Å²) in [7, 11) is 0. The van der Waals surface area contributed by atoms with Crippen molar-refractivity contribution in [2.24, 2.45) is 0 Å². The first kappa shape index (κ1) is 10.4. The van der Waals surface area contributed by atoms with Crippen LogP contribution in [0, 0.1) is 0 Å².